The summed E-state index contributed by atoms with van der Waals surface area (Å²) >= 11 is 0. The van der Waals surface area contributed by atoms with Gasteiger partial charge in [0, 0.05) is 12.0 Å². The number of aromatic nitrogens is 2. The van der Waals surface area contributed by atoms with Crippen LogP contribution >= 0.6 is 0 Å². The molecule has 0 unspecified atom stereocenters. The van der Waals surface area contributed by atoms with Gasteiger partial charge in [-0.1, -0.05) is 12.1 Å². The number of anilines is 1. The zero-order chi connectivity index (χ0) is 14.9. The van der Waals surface area contributed by atoms with Crippen molar-refractivity contribution < 1.29 is 14.3 Å². The molecule has 21 heavy (non-hydrogen) atoms. The van der Waals surface area contributed by atoms with Gasteiger partial charge in [0.25, 0.3) is 0 Å². The Morgan fingerprint density at radius 2 is 2.14 bits per heavy atom. The third-order valence-electron chi connectivity index (χ3n) is 3.77. The van der Waals surface area contributed by atoms with Crippen molar-refractivity contribution in [2.75, 3.05) is 11.9 Å². The first kappa shape index (κ1) is 13.5. The molecular weight excluding hydrogens is 273 g/mol. The molecule has 0 atom stereocenters. The summed E-state index contributed by atoms with van der Waals surface area (Å²) in [6.07, 6.45) is 4.59. The van der Waals surface area contributed by atoms with E-state index in [2.05, 4.69) is 15.3 Å². The molecule has 0 bridgehead atoms. The average molecular weight is 287 g/mol. The molecule has 0 aliphatic heterocycles. The van der Waals surface area contributed by atoms with E-state index in [1.165, 1.54) is 18.5 Å². The molecule has 2 N–H and O–H groups in total. The quantitative estimate of drug-likeness (QED) is 0.883. The molecule has 3 rings (SSSR count). The number of hydrogen-bond acceptors (Lipinski definition) is 4. The third-order valence-corrected chi connectivity index (χ3v) is 3.77. The molecule has 1 saturated carbocycles. The Kier molecular flexibility index (Phi) is 3.29. The second kappa shape index (κ2) is 5.12. The van der Waals surface area contributed by atoms with Crippen LogP contribution in [0, 0.1) is 5.82 Å². The van der Waals surface area contributed by atoms with Crippen molar-refractivity contribution in [3.63, 3.8) is 0 Å². The summed E-state index contributed by atoms with van der Waals surface area (Å²) in [6.45, 7) is 0.623. The summed E-state index contributed by atoms with van der Waals surface area (Å²) in [5.41, 5.74) is 0.826. The van der Waals surface area contributed by atoms with Gasteiger partial charge in [-0.05, 0) is 30.5 Å². The minimum Gasteiger partial charge on any atom is -0.476 e. The fourth-order valence-electron chi connectivity index (χ4n) is 2.33. The van der Waals surface area contributed by atoms with Gasteiger partial charge in [0.1, 0.15) is 11.6 Å². The van der Waals surface area contributed by atoms with E-state index in [0.29, 0.717) is 12.4 Å². The lowest BCUT2D eigenvalue weighted by Gasteiger charge is -2.17. The number of benzene rings is 1. The van der Waals surface area contributed by atoms with Crippen molar-refractivity contribution in [1.29, 1.82) is 0 Å². The number of aromatic carboxylic acids is 1. The molecule has 1 aliphatic rings. The second-order valence-corrected chi connectivity index (χ2v) is 5.24. The van der Waals surface area contributed by atoms with Gasteiger partial charge in [0.2, 0.25) is 0 Å². The SMILES string of the molecule is O=C(O)c1cnc(NCC2(c3cccc(F)c3)CC2)cn1. The predicted octanol–water partition coefficient (Wildman–Crippen LogP) is 2.46. The molecule has 0 radical (unpaired) electrons. The van der Waals surface area contributed by atoms with Crippen LogP contribution in [0.2, 0.25) is 0 Å². The third kappa shape index (κ3) is 2.84. The summed E-state index contributed by atoms with van der Waals surface area (Å²) in [4.78, 5) is 18.5. The first-order chi connectivity index (χ1) is 10.1. The Hall–Kier alpha value is -2.50. The van der Waals surface area contributed by atoms with E-state index < -0.39 is 5.97 Å². The normalized spacial score (nSPS) is 15.5. The molecule has 5 nitrogen and oxygen atoms in total. The van der Waals surface area contributed by atoms with Crippen LogP contribution in [-0.4, -0.2) is 27.6 Å². The van der Waals surface area contributed by atoms with Crippen molar-refractivity contribution >= 4 is 11.8 Å². The van der Waals surface area contributed by atoms with Crippen molar-refractivity contribution in [3.8, 4) is 0 Å². The predicted molar refractivity (Wildman–Crippen MR) is 74.8 cm³/mol. The van der Waals surface area contributed by atoms with Crippen LogP contribution in [0.1, 0.15) is 28.9 Å². The van der Waals surface area contributed by atoms with E-state index in [9.17, 15) is 9.18 Å². The number of nitrogens with one attached hydrogen (secondary N) is 1. The molecular formula is C15H14FN3O2. The van der Waals surface area contributed by atoms with Crippen LogP contribution in [-0.2, 0) is 5.41 Å². The molecule has 2 aromatic rings. The lowest BCUT2D eigenvalue weighted by molar-refractivity contribution is 0.0690. The highest BCUT2D eigenvalue weighted by Gasteiger charge is 2.44. The average Bonchev–Trinajstić information content (AvgIpc) is 3.27. The lowest BCUT2D eigenvalue weighted by atomic mass is 9.96. The van der Waals surface area contributed by atoms with E-state index in [0.717, 1.165) is 18.4 Å². The fourth-order valence-corrected chi connectivity index (χ4v) is 2.33. The molecule has 1 heterocycles. The minimum atomic E-state index is -1.10. The number of halogens is 1. The Bertz CT molecular complexity index is 669. The molecule has 1 aliphatic carbocycles. The van der Waals surface area contributed by atoms with Gasteiger partial charge in [-0.25, -0.2) is 19.2 Å². The molecule has 1 aromatic carbocycles. The van der Waals surface area contributed by atoms with Crippen molar-refractivity contribution in [1.82, 2.24) is 9.97 Å². The van der Waals surface area contributed by atoms with E-state index in [1.54, 1.807) is 12.1 Å². The Balaban J connectivity index is 1.68. The molecule has 0 spiro atoms. The summed E-state index contributed by atoms with van der Waals surface area (Å²) in [6, 6.07) is 6.64. The monoisotopic (exact) mass is 287 g/mol. The zero-order valence-corrected chi connectivity index (χ0v) is 11.2. The van der Waals surface area contributed by atoms with Gasteiger partial charge in [-0.3, -0.25) is 0 Å². The topological polar surface area (TPSA) is 75.1 Å². The summed E-state index contributed by atoms with van der Waals surface area (Å²) in [5, 5.41) is 11.9. The summed E-state index contributed by atoms with van der Waals surface area (Å²) in [7, 11) is 0. The number of nitrogens with zero attached hydrogens (tertiary/aromatic N) is 2. The van der Waals surface area contributed by atoms with Crippen LogP contribution in [0.5, 0.6) is 0 Å². The van der Waals surface area contributed by atoms with Crippen LogP contribution in [0.3, 0.4) is 0 Å². The van der Waals surface area contributed by atoms with E-state index >= 15 is 0 Å². The van der Waals surface area contributed by atoms with Crippen molar-refractivity contribution in [2.24, 2.45) is 0 Å². The van der Waals surface area contributed by atoms with Crippen molar-refractivity contribution in [3.05, 3.63) is 53.7 Å². The van der Waals surface area contributed by atoms with E-state index in [-0.39, 0.29) is 16.9 Å². The van der Waals surface area contributed by atoms with E-state index in [1.807, 2.05) is 6.07 Å². The number of rotatable bonds is 5. The lowest BCUT2D eigenvalue weighted by Crippen LogP contribution is -2.20. The zero-order valence-electron chi connectivity index (χ0n) is 11.2. The number of carboxylic acids is 1. The van der Waals surface area contributed by atoms with Gasteiger partial charge in [-0.2, -0.15) is 0 Å². The van der Waals surface area contributed by atoms with Crippen LogP contribution in [0.15, 0.2) is 36.7 Å². The molecule has 1 aromatic heterocycles. The molecule has 1 fully saturated rings. The highest BCUT2D eigenvalue weighted by molar-refractivity contribution is 5.84. The first-order valence-electron chi connectivity index (χ1n) is 6.64. The number of carbonyl (C=O) groups is 1. The molecule has 0 saturated heterocycles. The van der Waals surface area contributed by atoms with Gasteiger partial charge < -0.3 is 10.4 Å². The van der Waals surface area contributed by atoms with Crippen LogP contribution in [0.25, 0.3) is 0 Å². The second-order valence-electron chi connectivity index (χ2n) is 5.24. The van der Waals surface area contributed by atoms with Crippen molar-refractivity contribution in [2.45, 2.75) is 18.3 Å². The maximum absolute atomic E-state index is 13.3. The number of hydrogen-bond donors (Lipinski definition) is 2. The number of carboxylic acid groups (broad SMARTS) is 1. The highest BCUT2D eigenvalue weighted by atomic mass is 19.1. The van der Waals surface area contributed by atoms with Gasteiger partial charge in [0.05, 0.1) is 12.4 Å². The van der Waals surface area contributed by atoms with Crippen LogP contribution in [0.4, 0.5) is 10.2 Å². The van der Waals surface area contributed by atoms with Crippen LogP contribution < -0.4 is 5.32 Å². The Labute approximate surface area is 120 Å². The fraction of sp³-hybridized carbons (Fsp3) is 0.267. The maximum atomic E-state index is 13.3. The summed E-state index contributed by atoms with van der Waals surface area (Å²) in [5.74, 6) is -0.820. The minimum absolute atomic E-state index is 0.0603. The highest BCUT2D eigenvalue weighted by Crippen LogP contribution is 2.48. The van der Waals surface area contributed by atoms with Gasteiger partial charge in [0.15, 0.2) is 5.69 Å². The largest absolute Gasteiger partial charge is 0.476 e. The maximum Gasteiger partial charge on any atom is 0.356 e. The van der Waals surface area contributed by atoms with Gasteiger partial charge in [-0.15, -0.1) is 0 Å². The Morgan fingerprint density at radius 1 is 1.33 bits per heavy atom. The van der Waals surface area contributed by atoms with Gasteiger partial charge >= 0.3 is 5.97 Å². The molecule has 0 amide bonds. The smallest absolute Gasteiger partial charge is 0.356 e. The summed E-state index contributed by atoms with van der Waals surface area (Å²) < 4.78 is 13.3. The molecule has 6 heteroatoms. The molecule has 108 valence electrons. The first-order valence-corrected chi connectivity index (χ1v) is 6.64. The standard InChI is InChI=1S/C15H14FN3O2/c16-11-3-1-2-10(6-11)15(4-5-15)9-19-13-8-17-12(7-18-13)14(20)21/h1-3,6-8H,4-5,9H2,(H,18,19)(H,20,21). The van der Waals surface area contributed by atoms with E-state index in [4.69, 9.17) is 5.11 Å². The Morgan fingerprint density at radius 3 is 2.71 bits per heavy atom.